The fraction of sp³-hybridized carbons (Fsp3) is 0.261. The number of nitrogens with zero attached hydrogens (tertiary/aromatic N) is 2. The summed E-state index contributed by atoms with van der Waals surface area (Å²) in [6, 6.07) is 14.4. The van der Waals surface area contributed by atoms with E-state index in [1.807, 2.05) is 38.1 Å². The zero-order chi connectivity index (χ0) is 22.6. The molecule has 31 heavy (non-hydrogen) atoms. The van der Waals surface area contributed by atoms with Crippen molar-refractivity contribution in [3.63, 3.8) is 0 Å². The van der Waals surface area contributed by atoms with Crippen LogP contribution in [0, 0.1) is 0 Å². The molecule has 0 saturated carbocycles. The number of benzene rings is 2. The van der Waals surface area contributed by atoms with Crippen molar-refractivity contribution in [3.8, 4) is 0 Å². The minimum absolute atomic E-state index is 0.0229. The molecule has 0 spiro atoms. The summed E-state index contributed by atoms with van der Waals surface area (Å²) in [5, 5.41) is 14.3. The topological polar surface area (TPSA) is 126 Å². The van der Waals surface area contributed by atoms with Crippen LogP contribution in [0.3, 0.4) is 0 Å². The quantitative estimate of drug-likeness (QED) is 0.378. The van der Waals surface area contributed by atoms with E-state index >= 15 is 0 Å². The van der Waals surface area contributed by atoms with Gasteiger partial charge in [0.05, 0.1) is 17.9 Å². The molecule has 2 amide bonds. The van der Waals surface area contributed by atoms with Crippen LogP contribution < -0.4 is 16.4 Å². The largest absolute Gasteiger partial charge is 0.377 e. The molecule has 0 atom stereocenters. The monoisotopic (exact) mass is 419 g/mol. The first-order valence-corrected chi connectivity index (χ1v) is 9.86. The number of ketones is 1. The molecule has 0 aromatic heterocycles. The summed E-state index contributed by atoms with van der Waals surface area (Å²) >= 11 is 0. The fourth-order valence-corrected chi connectivity index (χ4v) is 3.39. The Kier molecular flexibility index (Phi) is 6.29. The molecule has 0 unspecified atom stereocenters. The summed E-state index contributed by atoms with van der Waals surface area (Å²) in [5.74, 6) is -1.35. The average molecular weight is 419 g/mol. The Hall–Kier alpha value is -3.81. The van der Waals surface area contributed by atoms with Crippen molar-refractivity contribution >= 4 is 29.0 Å². The number of hydrogen-bond acceptors (Lipinski definition) is 6. The lowest BCUT2D eigenvalue weighted by molar-refractivity contribution is -0.122. The second-order valence-electron chi connectivity index (χ2n) is 8.02. The summed E-state index contributed by atoms with van der Waals surface area (Å²) < 4.78 is 0. The van der Waals surface area contributed by atoms with Crippen LogP contribution in [-0.4, -0.2) is 29.7 Å². The third-order valence-electron chi connectivity index (χ3n) is 4.78. The molecule has 1 heterocycles. The van der Waals surface area contributed by atoms with Crippen LogP contribution in [0.15, 0.2) is 64.5 Å². The molecule has 0 bridgehead atoms. The van der Waals surface area contributed by atoms with Crippen LogP contribution in [0.5, 0.6) is 0 Å². The Morgan fingerprint density at radius 3 is 2.58 bits per heavy atom. The molecule has 1 aliphatic rings. The van der Waals surface area contributed by atoms with E-state index in [0.717, 1.165) is 17.5 Å². The number of carbonyl (C=O) groups excluding carboxylic acids is 3. The Balaban J connectivity index is 2.11. The lowest BCUT2D eigenvalue weighted by Crippen LogP contribution is -2.45. The molecule has 0 fully saturated rings. The number of fused-ring (bicyclic) bond motifs is 1. The SMILES string of the molecule is CC(=O)c1cccc(N=NC(C(=O)NCC(N)=O)=C2NC(C)(C)Cc3ccccc32)c1. The van der Waals surface area contributed by atoms with E-state index in [2.05, 4.69) is 20.9 Å². The third-order valence-corrected chi connectivity index (χ3v) is 4.78. The van der Waals surface area contributed by atoms with Gasteiger partial charge in [0, 0.05) is 16.7 Å². The molecule has 2 aromatic carbocycles. The molecule has 0 saturated heterocycles. The maximum atomic E-state index is 12.9. The van der Waals surface area contributed by atoms with Crippen molar-refractivity contribution in [2.75, 3.05) is 6.54 Å². The Morgan fingerprint density at radius 2 is 1.87 bits per heavy atom. The summed E-state index contributed by atoms with van der Waals surface area (Å²) in [5.41, 5.74) is 8.20. The van der Waals surface area contributed by atoms with E-state index in [9.17, 15) is 14.4 Å². The smallest absolute Gasteiger partial charge is 0.274 e. The minimum atomic E-state index is -0.666. The van der Waals surface area contributed by atoms with Crippen molar-refractivity contribution < 1.29 is 14.4 Å². The average Bonchev–Trinajstić information content (AvgIpc) is 2.71. The molecular weight excluding hydrogens is 394 g/mol. The molecule has 0 aliphatic carbocycles. The van der Waals surface area contributed by atoms with Gasteiger partial charge in [-0.15, -0.1) is 5.11 Å². The van der Waals surface area contributed by atoms with Gasteiger partial charge in [0.15, 0.2) is 11.5 Å². The van der Waals surface area contributed by atoms with Crippen LogP contribution in [0.25, 0.3) is 5.70 Å². The second kappa shape index (κ2) is 8.91. The Labute approximate surface area is 180 Å². The van der Waals surface area contributed by atoms with Gasteiger partial charge >= 0.3 is 0 Å². The van der Waals surface area contributed by atoms with Crippen molar-refractivity contribution in [1.82, 2.24) is 10.6 Å². The zero-order valence-electron chi connectivity index (χ0n) is 17.7. The predicted octanol–water partition coefficient (Wildman–Crippen LogP) is 2.87. The number of Topliss-reactive ketones (excluding diaryl/α,β-unsaturated/α-hetero) is 1. The van der Waals surface area contributed by atoms with Crippen LogP contribution in [-0.2, 0) is 16.0 Å². The molecule has 8 nitrogen and oxygen atoms in total. The van der Waals surface area contributed by atoms with E-state index in [1.54, 1.807) is 24.3 Å². The number of primary amides is 1. The van der Waals surface area contributed by atoms with E-state index in [4.69, 9.17) is 5.73 Å². The van der Waals surface area contributed by atoms with Crippen molar-refractivity contribution in [3.05, 3.63) is 70.9 Å². The molecule has 3 rings (SSSR count). The third kappa shape index (κ3) is 5.42. The van der Waals surface area contributed by atoms with E-state index in [0.29, 0.717) is 16.9 Å². The fourth-order valence-electron chi connectivity index (χ4n) is 3.39. The summed E-state index contributed by atoms with van der Waals surface area (Å²) in [6.45, 7) is 5.19. The molecule has 4 N–H and O–H groups in total. The van der Waals surface area contributed by atoms with Crippen molar-refractivity contribution in [1.29, 1.82) is 0 Å². The van der Waals surface area contributed by atoms with Crippen LogP contribution in [0.1, 0.15) is 42.3 Å². The summed E-state index contributed by atoms with van der Waals surface area (Å²) in [7, 11) is 0. The highest BCUT2D eigenvalue weighted by molar-refractivity contribution is 6.02. The zero-order valence-corrected chi connectivity index (χ0v) is 17.7. The van der Waals surface area contributed by atoms with Gasteiger partial charge in [0.1, 0.15) is 0 Å². The van der Waals surface area contributed by atoms with E-state index in [1.165, 1.54) is 6.92 Å². The lowest BCUT2D eigenvalue weighted by Gasteiger charge is -2.36. The van der Waals surface area contributed by atoms with Gasteiger partial charge in [-0.2, -0.15) is 5.11 Å². The first kappa shape index (κ1) is 21.9. The van der Waals surface area contributed by atoms with Crippen LogP contribution in [0.2, 0.25) is 0 Å². The number of nitrogens with one attached hydrogen (secondary N) is 2. The molecule has 1 aliphatic heterocycles. The lowest BCUT2D eigenvalue weighted by atomic mass is 9.85. The van der Waals surface area contributed by atoms with Gasteiger partial charge in [-0.25, -0.2) is 0 Å². The van der Waals surface area contributed by atoms with Gasteiger partial charge in [0.2, 0.25) is 5.91 Å². The first-order chi connectivity index (χ1) is 14.7. The first-order valence-electron chi connectivity index (χ1n) is 9.86. The van der Waals surface area contributed by atoms with Gasteiger partial charge in [-0.3, -0.25) is 14.4 Å². The molecule has 160 valence electrons. The Morgan fingerprint density at radius 1 is 1.13 bits per heavy atom. The van der Waals surface area contributed by atoms with E-state index in [-0.39, 0.29) is 23.6 Å². The molecule has 0 radical (unpaired) electrons. The molecule has 2 aromatic rings. The van der Waals surface area contributed by atoms with Crippen molar-refractivity contribution in [2.45, 2.75) is 32.7 Å². The van der Waals surface area contributed by atoms with Gasteiger partial charge < -0.3 is 16.4 Å². The molecular formula is C23H25N5O3. The van der Waals surface area contributed by atoms with Gasteiger partial charge in [-0.1, -0.05) is 36.4 Å². The number of amides is 2. The number of rotatable bonds is 6. The number of nitrogens with two attached hydrogens (primary N) is 1. The number of hydrogen-bond donors (Lipinski definition) is 3. The maximum absolute atomic E-state index is 12.9. The highest BCUT2D eigenvalue weighted by Gasteiger charge is 2.31. The minimum Gasteiger partial charge on any atom is -0.377 e. The highest BCUT2D eigenvalue weighted by Crippen LogP contribution is 2.32. The highest BCUT2D eigenvalue weighted by atomic mass is 16.2. The second-order valence-corrected chi connectivity index (χ2v) is 8.02. The van der Waals surface area contributed by atoms with Gasteiger partial charge in [-0.05, 0) is 44.9 Å². The van der Waals surface area contributed by atoms with E-state index < -0.39 is 11.8 Å². The summed E-state index contributed by atoms with van der Waals surface area (Å²) in [4.78, 5) is 35.8. The number of azo groups is 1. The molecule has 8 heteroatoms. The maximum Gasteiger partial charge on any atom is 0.274 e. The Bertz CT molecular complexity index is 1100. The normalized spacial score (nSPS) is 16.2. The van der Waals surface area contributed by atoms with Crippen molar-refractivity contribution in [2.24, 2.45) is 16.0 Å². The predicted molar refractivity (Wildman–Crippen MR) is 117 cm³/mol. The summed E-state index contributed by atoms with van der Waals surface area (Å²) in [6.07, 6.45) is 0.765. The number of carbonyl (C=O) groups is 3. The standard InChI is InChI=1S/C23H25N5O3/c1-14(29)15-8-6-9-17(11-15)27-28-21(22(31)25-13-19(24)30)20-18-10-5-4-7-16(18)12-23(2,3)26-20/h4-11,26H,12-13H2,1-3H3,(H2,24,30)(H,25,31). The van der Waals surface area contributed by atoms with Crippen LogP contribution >= 0.6 is 0 Å². The van der Waals surface area contributed by atoms with Crippen LogP contribution in [0.4, 0.5) is 5.69 Å². The van der Waals surface area contributed by atoms with Gasteiger partial charge in [0.25, 0.3) is 5.91 Å².